The smallest absolute Gasteiger partial charge is 0.107 e. The standard InChI is InChI=1S/C13H17Br2ClS/c1-13(2)6-4-3-5-8(13)11(15)10-7-9(14)12(16)17-10/h7-8,11H,3-6H2,1-2H3. The van der Waals surface area contributed by atoms with Crippen LogP contribution in [0.4, 0.5) is 0 Å². The number of halogens is 3. The molecule has 0 amide bonds. The molecule has 1 heterocycles. The first kappa shape index (κ1) is 14.4. The highest BCUT2D eigenvalue weighted by Crippen LogP contribution is 2.52. The summed E-state index contributed by atoms with van der Waals surface area (Å²) in [7, 11) is 0. The van der Waals surface area contributed by atoms with Gasteiger partial charge in [-0.15, -0.1) is 11.3 Å². The third-order valence-electron chi connectivity index (χ3n) is 3.88. The van der Waals surface area contributed by atoms with E-state index in [4.69, 9.17) is 11.6 Å². The largest absolute Gasteiger partial charge is 0.126 e. The van der Waals surface area contributed by atoms with Crippen molar-refractivity contribution in [3.63, 3.8) is 0 Å². The molecule has 96 valence electrons. The molecular weight excluding hydrogens is 383 g/mol. The Morgan fingerprint density at radius 1 is 1.47 bits per heavy atom. The van der Waals surface area contributed by atoms with Gasteiger partial charge in [0.05, 0.1) is 4.83 Å². The Morgan fingerprint density at radius 3 is 2.71 bits per heavy atom. The van der Waals surface area contributed by atoms with E-state index >= 15 is 0 Å². The van der Waals surface area contributed by atoms with Crippen LogP contribution in [0.3, 0.4) is 0 Å². The third kappa shape index (κ3) is 3.10. The zero-order valence-electron chi connectivity index (χ0n) is 10.1. The minimum Gasteiger partial charge on any atom is -0.126 e. The van der Waals surface area contributed by atoms with Crippen molar-refractivity contribution in [3.8, 4) is 0 Å². The number of hydrogen-bond donors (Lipinski definition) is 0. The quantitative estimate of drug-likeness (QED) is 0.478. The lowest BCUT2D eigenvalue weighted by atomic mass is 9.67. The molecule has 0 radical (unpaired) electrons. The highest BCUT2D eigenvalue weighted by atomic mass is 79.9. The molecule has 1 aromatic heterocycles. The van der Waals surface area contributed by atoms with Crippen LogP contribution < -0.4 is 0 Å². The highest BCUT2D eigenvalue weighted by molar-refractivity contribution is 9.10. The van der Waals surface area contributed by atoms with Gasteiger partial charge in [-0.25, -0.2) is 0 Å². The predicted molar refractivity (Wildman–Crippen MR) is 84.4 cm³/mol. The minimum absolute atomic E-state index is 0.426. The molecule has 1 aliphatic carbocycles. The predicted octanol–water partition coefficient (Wildman–Crippen LogP) is 6.82. The molecule has 1 fully saturated rings. The van der Waals surface area contributed by atoms with Gasteiger partial charge in [0.1, 0.15) is 4.34 Å². The van der Waals surface area contributed by atoms with Crippen LogP contribution in [0.2, 0.25) is 4.34 Å². The summed E-state index contributed by atoms with van der Waals surface area (Å²) in [5.41, 5.74) is 0.426. The third-order valence-corrected chi connectivity index (χ3v) is 7.87. The fraction of sp³-hybridized carbons (Fsp3) is 0.692. The van der Waals surface area contributed by atoms with Gasteiger partial charge >= 0.3 is 0 Å². The van der Waals surface area contributed by atoms with Crippen molar-refractivity contribution < 1.29 is 0 Å². The van der Waals surface area contributed by atoms with E-state index in [2.05, 4.69) is 51.8 Å². The number of hydrogen-bond acceptors (Lipinski definition) is 1. The van der Waals surface area contributed by atoms with Gasteiger partial charge in [-0.3, -0.25) is 0 Å². The lowest BCUT2D eigenvalue weighted by molar-refractivity contribution is 0.137. The lowest BCUT2D eigenvalue weighted by Gasteiger charge is -2.41. The Balaban J connectivity index is 2.21. The summed E-state index contributed by atoms with van der Waals surface area (Å²) < 4.78 is 1.88. The molecule has 2 atom stereocenters. The molecule has 0 saturated heterocycles. The van der Waals surface area contributed by atoms with Gasteiger partial charge in [0.15, 0.2) is 0 Å². The van der Waals surface area contributed by atoms with Crippen molar-refractivity contribution in [1.82, 2.24) is 0 Å². The van der Waals surface area contributed by atoms with Gasteiger partial charge in [-0.2, -0.15) is 0 Å². The van der Waals surface area contributed by atoms with E-state index in [-0.39, 0.29) is 0 Å². The molecular formula is C13H17Br2ClS. The second-order valence-electron chi connectivity index (χ2n) is 5.51. The Morgan fingerprint density at radius 2 is 2.18 bits per heavy atom. The number of rotatable bonds is 2. The van der Waals surface area contributed by atoms with Crippen LogP contribution in [0, 0.1) is 11.3 Å². The van der Waals surface area contributed by atoms with Crippen molar-refractivity contribution in [2.75, 3.05) is 0 Å². The van der Waals surface area contributed by atoms with Crippen molar-refractivity contribution in [1.29, 1.82) is 0 Å². The zero-order valence-corrected chi connectivity index (χ0v) is 14.8. The van der Waals surface area contributed by atoms with E-state index < -0.39 is 0 Å². The van der Waals surface area contributed by atoms with Crippen LogP contribution in [0.15, 0.2) is 10.5 Å². The molecule has 1 saturated carbocycles. The average Bonchev–Trinajstić information content (AvgIpc) is 2.58. The molecule has 0 bridgehead atoms. The lowest BCUT2D eigenvalue weighted by Crippen LogP contribution is -2.30. The Labute approximate surface area is 129 Å². The number of alkyl halides is 1. The summed E-state index contributed by atoms with van der Waals surface area (Å²) >= 11 is 15.2. The first-order valence-electron chi connectivity index (χ1n) is 6.00. The summed E-state index contributed by atoms with van der Waals surface area (Å²) in [4.78, 5) is 1.79. The van der Waals surface area contributed by atoms with Gasteiger partial charge in [0.2, 0.25) is 0 Å². The van der Waals surface area contributed by atoms with E-state index in [1.807, 2.05) is 0 Å². The molecule has 17 heavy (non-hydrogen) atoms. The molecule has 0 aliphatic heterocycles. The monoisotopic (exact) mass is 398 g/mol. The molecule has 2 unspecified atom stereocenters. The Bertz CT molecular complexity index is 381. The number of thiophene rings is 1. The van der Waals surface area contributed by atoms with E-state index in [1.54, 1.807) is 11.3 Å². The maximum absolute atomic E-state index is 6.13. The SMILES string of the molecule is CC1(C)CCCCC1C(Br)c1cc(Br)c(Cl)s1. The van der Waals surface area contributed by atoms with E-state index in [9.17, 15) is 0 Å². The van der Waals surface area contributed by atoms with Crippen molar-refractivity contribution >= 4 is 54.8 Å². The molecule has 0 aromatic carbocycles. The van der Waals surface area contributed by atoms with Crippen LogP contribution in [0.5, 0.6) is 0 Å². The van der Waals surface area contributed by atoms with Crippen LogP contribution in [-0.4, -0.2) is 0 Å². The van der Waals surface area contributed by atoms with Crippen LogP contribution in [-0.2, 0) is 0 Å². The van der Waals surface area contributed by atoms with Gasteiger partial charge in [0.25, 0.3) is 0 Å². The average molecular weight is 401 g/mol. The maximum Gasteiger partial charge on any atom is 0.107 e. The Hall–Kier alpha value is 0.950. The van der Waals surface area contributed by atoms with Crippen molar-refractivity contribution in [2.24, 2.45) is 11.3 Å². The van der Waals surface area contributed by atoms with E-state index in [0.717, 1.165) is 8.81 Å². The normalized spacial score (nSPS) is 25.8. The first-order chi connectivity index (χ1) is 7.92. The molecule has 4 heteroatoms. The van der Waals surface area contributed by atoms with E-state index in [0.29, 0.717) is 16.2 Å². The summed E-state index contributed by atoms with van der Waals surface area (Å²) in [5, 5.41) is 0. The van der Waals surface area contributed by atoms with Gasteiger partial charge in [-0.05, 0) is 46.2 Å². The summed E-state index contributed by atoms with van der Waals surface area (Å²) in [5.74, 6) is 0.706. The second-order valence-corrected chi connectivity index (χ2v) is 9.04. The van der Waals surface area contributed by atoms with Crippen LogP contribution >= 0.6 is 54.8 Å². The minimum atomic E-state index is 0.426. The highest BCUT2D eigenvalue weighted by Gasteiger charge is 2.37. The first-order valence-corrected chi connectivity index (χ1v) is 8.91. The van der Waals surface area contributed by atoms with Crippen LogP contribution in [0.25, 0.3) is 0 Å². The topological polar surface area (TPSA) is 0 Å². The molecule has 2 rings (SSSR count). The summed E-state index contributed by atoms with van der Waals surface area (Å²) in [6.45, 7) is 4.80. The van der Waals surface area contributed by atoms with Gasteiger partial charge < -0.3 is 0 Å². The molecule has 0 N–H and O–H groups in total. The molecule has 0 spiro atoms. The Kier molecular flexibility index (Phi) is 4.66. The molecule has 1 aliphatic rings. The fourth-order valence-corrected chi connectivity index (χ4v) is 5.93. The fourth-order valence-electron chi connectivity index (χ4n) is 2.76. The van der Waals surface area contributed by atoms with Gasteiger partial charge in [-0.1, -0.05) is 54.2 Å². The summed E-state index contributed by atoms with van der Waals surface area (Å²) in [6.07, 6.45) is 5.38. The molecule has 0 nitrogen and oxygen atoms in total. The second kappa shape index (κ2) is 5.52. The van der Waals surface area contributed by atoms with E-state index in [1.165, 1.54) is 30.6 Å². The molecule has 1 aromatic rings. The maximum atomic E-state index is 6.13. The van der Waals surface area contributed by atoms with Crippen molar-refractivity contribution in [2.45, 2.75) is 44.4 Å². The van der Waals surface area contributed by atoms with Gasteiger partial charge in [0, 0.05) is 9.35 Å². The van der Waals surface area contributed by atoms with Crippen LogP contribution in [0.1, 0.15) is 49.2 Å². The van der Waals surface area contributed by atoms with Crippen molar-refractivity contribution in [3.05, 3.63) is 19.8 Å². The zero-order chi connectivity index (χ0) is 12.6. The summed E-state index contributed by atoms with van der Waals surface area (Å²) in [6, 6.07) is 2.16.